The smallest absolute Gasteiger partial charge is 0.0790 e. The third kappa shape index (κ3) is 1.27. The quantitative estimate of drug-likeness (QED) is 0.550. The number of rotatable bonds is 1. The van der Waals surface area contributed by atoms with E-state index in [2.05, 4.69) is 24.2 Å². The van der Waals surface area contributed by atoms with Crippen LogP contribution in [0.25, 0.3) is 0 Å². The van der Waals surface area contributed by atoms with Crippen LogP contribution in [0.2, 0.25) is 0 Å². The summed E-state index contributed by atoms with van der Waals surface area (Å²) in [5.41, 5.74) is 2.42. The van der Waals surface area contributed by atoms with Crippen LogP contribution in [0.15, 0.2) is 10.4 Å². The van der Waals surface area contributed by atoms with Crippen molar-refractivity contribution in [1.29, 1.82) is 0 Å². The molecule has 0 atom stereocenters. The normalized spacial score (nSPS) is 11.1. The number of nitrogens with zero attached hydrogens (tertiary/aromatic N) is 1. The van der Waals surface area contributed by atoms with Crippen molar-refractivity contribution in [3.8, 4) is 0 Å². The molecular formula is C8H11NS. The van der Waals surface area contributed by atoms with Crippen LogP contribution in [0.4, 0.5) is 5.69 Å². The topological polar surface area (TPSA) is 12.4 Å². The van der Waals surface area contributed by atoms with Crippen LogP contribution in [0.3, 0.4) is 0 Å². The molecule has 0 N–H and O–H groups in total. The minimum absolute atomic E-state index is 1.15. The summed E-state index contributed by atoms with van der Waals surface area (Å²) in [4.78, 5) is 5.55. The molecule has 10 heavy (non-hydrogen) atoms. The van der Waals surface area contributed by atoms with Crippen molar-refractivity contribution in [2.45, 2.75) is 20.8 Å². The van der Waals surface area contributed by atoms with Gasteiger partial charge >= 0.3 is 0 Å². The zero-order valence-electron chi connectivity index (χ0n) is 6.51. The Morgan fingerprint density at radius 2 is 2.20 bits per heavy atom. The van der Waals surface area contributed by atoms with Crippen molar-refractivity contribution in [2.75, 3.05) is 0 Å². The third-order valence-electron chi connectivity index (χ3n) is 1.38. The highest BCUT2D eigenvalue weighted by Crippen LogP contribution is 2.28. The fourth-order valence-corrected chi connectivity index (χ4v) is 1.68. The fourth-order valence-electron chi connectivity index (χ4n) is 0.888. The average molecular weight is 153 g/mol. The van der Waals surface area contributed by atoms with Gasteiger partial charge in [-0.3, -0.25) is 4.99 Å². The third-order valence-corrected chi connectivity index (χ3v) is 2.40. The Balaban J connectivity index is 3.10. The van der Waals surface area contributed by atoms with Crippen LogP contribution in [0.5, 0.6) is 0 Å². The van der Waals surface area contributed by atoms with Crippen molar-refractivity contribution in [3.05, 3.63) is 15.8 Å². The highest BCUT2D eigenvalue weighted by Gasteiger charge is 2.00. The van der Waals surface area contributed by atoms with Crippen molar-refractivity contribution in [3.63, 3.8) is 0 Å². The maximum absolute atomic E-state index is 4.25. The zero-order chi connectivity index (χ0) is 7.56. The van der Waals surface area contributed by atoms with Gasteiger partial charge in [-0.05, 0) is 31.7 Å². The summed E-state index contributed by atoms with van der Waals surface area (Å²) in [6, 6.07) is 0. The van der Waals surface area contributed by atoms with Crippen LogP contribution in [0, 0.1) is 13.8 Å². The Hall–Kier alpha value is -0.630. The summed E-state index contributed by atoms with van der Waals surface area (Å²) >= 11 is 1.76. The predicted molar refractivity (Wildman–Crippen MR) is 47.6 cm³/mol. The highest BCUT2D eigenvalue weighted by atomic mass is 32.1. The van der Waals surface area contributed by atoms with Gasteiger partial charge < -0.3 is 0 Å². The maximum atomic E-state index is 4.25. The summed E-state index contributed by atoms with van der Waals surface area (Å²) in [5, 5.41) is 2.14. The molecule has 1 heterocycles. The second-order valence-electron chi connectivity index (χ2n) is 2.21. The number of hydrogen-bond acceptors (Lipinski definition) is 2. The molecule has 0 unspecified atom stereocenters. The van der Waals surface area contributed by atoms with Gasteiger partial charge in [-0.25, -0.2) is 0 Å². The van der Waals surface area contributed by atoms with Gasteiger partial charge in [0.25, 0.3) is 0 Å². The largest absolute Gasteiger partial charge is 0.260 e. The lowest BCUT2D eigenvalue weighted by Crippen LogP contribution is -1.67. The summed E-state index contributed by atoms with van der Waals surface area (Å²) < 4.78 is 0. The Morgan fingerprint density at radius 1 is 1.50 bits per heavy atom. The molecule has 1 aromatic rings. The zero-order valence-corrected chi connectivity index (χ0v) is 7.33. The molecule has 0 radical (unpaired) electrons. The van der Waals surface area contributed by atoms with E-state index in [-0.39, 0.29) is 0 Å². The number of aryl methyl sites for hydroxylation is 2. The molecule has 0 aliphatic carbocycles. The second kappa shape index (κ2) is 2.97. The molecule has 0 aliphatic heterocycles. The van der Waals surface area contributed by atoms with E-state index in [1.54, 1.807) is 11.3 Å². The van der Waals surface area contributed by atoms with E-state index >= 15 is 0 Å². The Labute approximate surface area is 65.4 Å². The molecule has 1 nitrogen and oxygen atoms in total. The molecular weight excluding hydrogens is 142 g/mol. The minimum Gasteiger partial charge on any atom is -0.260 e. The fraction of sp³-hybridized carbons (Fsp3) is 0.375. The van der Waals surface area contributed by atoms with E-state index in [1.807, 2.05) is 13.1 Å². The Kier molecular flexibility index (Phi) is 2.22. The van der Waals surface area contributed by atoms with E-state index < -0.39 is 0 Å². The van der Waals surface area contributed by atoms with Gasteiger partial charge in [0, 0.05) is 11.1 Å². The molecule has 0 saturated heterocycles. The van der Waals surface area contributed by atoms with E-state index in [0.717, 1.165) is 5.69 Å². The molecule has 0 amide bonds. The first kappa shape index (κ1) is 7.48. The maximum Gasteiger partial charge on any atom is 0.0790 e. The SMILES string of the molecule is CC=Nc1c(C)csc1C. The molecule has 0 spiro atoms. The van der Waals surface area contributed by atoms with Crippen molar-refractivity contribution in [2.24, 2.45) is 4.99 Å². The van der Waals surface area contributed by atoms with Gasteiger partial charge in [0.1, 0.15) is 0 Å². The van der Waals surface area contributed by atoms with E-state index in [9.17, 15) is 0 Å². The molecule has 1 aromatic heterocycles. The molecule has 0 aliphatic rings. The summed E-state index contributed by atoms with van der Waals surface area (Å²) in [7, 11) is 0. The minimum atomic E-state index is 1.15. The molecule has 1 rings (SSSR count). The number of hydrogen-bond donors (Lipinski definition) is 0. The molecule has 2 heteroatoms. The summed E-state index contributed by atoms with van der Waals surface area (Å²) in [6.07, 6.45) is 1.84. The number of aliphatic imine (C=N–C) groups is 1. The average Bonchev–Trinajstić information content (AvgIpc) is 2.20. The first-order chi connectivity index (χ1) is 4.75. The standard InChI is InChI=1S/C8H11NS/c1-4-9-8-6(2)5-10-7(8)3/h4-5H,1-3H3. The molecule has 0 bridgehead atoms. The van der Waals surface area contributed by atoms with Crippen LogP contribution >= 0.6 is 11.3 Å². The predicted octanol–water partition coefficient (Wildman–Crippen LogP) is 3.09. The van der Waals surface area contributed by atoms with E-state index in [0.29, 0.717) is 0 Å². The highest BCUT2D eigenvalue weighted by molar-refractivity contribution is 7.10. The molecule has 0 saturated carbocycles. The van der Waals surface area contributed by atoms with Gasteiger partial charge in [0.05, 0.1) is 5.69 Å². The lowest BCUT2D eigenvalue weighted by Gasteiger charge is -1.90. The summed E-state index contributed by atoms with van der Waals surface area (Å²) in [5.74, 6) is 0. The van der Waals surface area contributed by atoms with Gasteiger partial charge in [0.2, 0.25) is 0 Å². The van der Waals surface area contributed by atoms with Gasteiger partial charge in [-0.2, -0.15) is 0 Å². The molecule has 54 valence electrons. The Bertz CT molecular complexity index is 228. The van der Waals surface area contributed by atoms with Crippen LogP contribution in [0.1, 0.15) is 17.4 Å². The van der Waals surface area contributed by atoms with Gasteiger partial charge in [0.15, 0.2) is 0 Å². The second-order valence-corrected chi connectivity index (χ2v) is 3.29. The van der Waals surface area contributed by atoms with Gasteiger partial charge in [-0.1, -0.05) is 0 Å². The summed E-state index contributed by atoms with van der Waals surface area (Å²) in [6.45, 7) is 6.13. The van der Waals surface area contributed by atoms with Gasteiger partial charge in [-0.15, -0.1) is 11.3 Å². The first-order valence-electron chi connectivity index (χ1n) is 3.29. The first-order valence-corrected chi connectivity index (χ1v) is 4.17. The molecule has 0 fully saturated rings. The number of thiophene rings is 1. The monoisotopic (exact) mass is 153 g/mol. The van der Waals surface area contributed by atoms with Crippen molar-refractivity contribution in [1.82, 2.24) is 0 Å². The Morgan fingerprint density at radius 3 is 2.60 bits per heavy atom. The van der Waals surface area contributed by atoms with E-state index in [1.165, 1.54) is 10.4 Å². The lowest BCUT2D eigenvalue weighted by molar-refractivity contribution is 1.42. The van der Waals surface area contributed by atoms with E-state index in [4.69, 9.17) is 0 Å². The van der Waals surface area contributed by atoms with Crippen LogP contribution < -0.4 is 0 Å². The van der Waals surface area contributed by atoms with Crippen LogP contribution in [-0.2, 0) is 0 Å². The lowest BCUT2D eigenvalue weighted by atomic mass is 10.3. The van der Waals surface area contributed by atoms with Crippen molar-refractivity contribution < 1.29 is 0 Å². The van der Waals surface area contributed by atoms with Crippen molar-refractivity contribution >= 4 is 23.2 Å². The molecule has 0 aromatic carbocycles. The van der Waals surface area contributed by atoms with Crippen LogP contribution in [-0.4, -0.2) is 6.21 Å².